The van der Waals surface area contributed by atoms with Crippen LogP contribution in [0.25, 0.3) is 0 Å². The Hall–Kier alpha value is -2.53. The molecule has 1 spiro atoms. The number of hydrogen-bond acceptors (Lipinski definition) is 12. The molecule has 4 saturated heterocycles. The van der Waals surface area contributed by atoms with E-state index in [9.17, 15) is 9.65 Å². The second-order valence-corrected chi connectivity index (χ2v) is 14.3. The van der Waals surface area contributed by atoms with E-state index >= 15 is 0 Å². The van der Waals surface area contributed by atoms with Crippen LogP contribution in [0.5, 0.6) is 11.8 Å². The third-order valence-corrected chi connectivity index (χ3v) is 12.0. The van der Waals surface area contributed by atoms with Gasteiger partial charge >= 0.3 is 6.01 Å². The molecule has 0 saturated carbocycles. The van der Waals surface area contributed by atoms with Crippen molar-refractivity contribution in [3.05, 3.63) is 16.0 Å². The molecule has 212 valence electrons. The molecule has 8 heterocycles. The highest BCUT2D eigenvalue weighted by molar-refractivity contribution is 8.00. The van der Waals surface area contributed by atoms with Crippen molar-refractivity contribution in [2.45, 2.75) is 54.0 Å². The van der Waals surface area contributed by atoms with Crippen LogP contribution in [-0.4, -0.2) is 91.8 Å². The Bertz CT molecular complexity index is 1400. The number of thioether (sulfide) groups is 1. The third-order valence-electron chi connectivity index (χ3n) is 9.35. The Morgan fingerprint density at radius 2 is 2.02 bits per heavy atom. The van der Waals surface area contributed by atoms with E-state index in [1.54, 1.807) is 0 Å². The van der Waals surface area contributed by atoms with Gasteiger partial charge in [-0.15, -0.1) is 23.1 Å². The van der Waals surface area contributed by atoms with Crippen LogP contribution in [0.4, 0.5) is 21.0 Å². The molecule has 2 N–H and O–H groups in total. The highest BCUT2D eigenvalue weighted by Gasteiger charge is 2.54. The fourth-order valence-electron chi connectivity index (χ4n) is 7.48. The van der Waals surface area contributed by atoms with Gasteiger partial charge in [-0.3, -0.25) is 4.90 Å². The normalized spacial score (nSPS) is 30.1. The summed E-state index contributed by atoms with van der Waals surface area (Å²) in [6.07, 6.45) is 2.54. The van der Waals surface area contributed by atoms with Crippen molar-refractivity contribution in [3.8, 4) is 17.8 Å². The van der Waals surface area contributed by atoms with E-state index in [4.69, 9.17) is 29.9 Å². The topological polar surface area (TPSA) is 113 Å². The number of nitrogens with two attached hydrogens (primary N) is 1. The predicted octanol–water partition coefficient (Wildman–Crippen LogP) is 2.90. The molecule has 4 fully saturated rings. The van der Waals surface area contributed by atoms with Crippen LogP contribution in [0.15, 0.2) is 0 Å². The van der Waals surface area contributed by atoms with E-state index in [0.29, 0.717) is 80.6 Å². The number of nitriles is 1. The summed E-state index contributed by atoms with van der Waals surface area (Å²) in [5, 5.41) is 10.4. The lowest BCUT2D eigenvalue weighted by atomic mass is 9.88. The lowest BCUT2D eigenvalue weighted by molar-refractivity contribution is 0.0366. The zero-order valence-corrected chi connectivity index (χ0v) is 23.9. The minimum absolute atomic E-state index is 0.0394. The largest absolute Gasteiger partial charge is 0.484 e. The van der Waals surface area contributed by atoms with Crippen molar-refractivity contribution < 1.29 is 18.6 Å². The Morgan fingerprint density at radius 3 is 2.88 bits per heavy atom. The van der Waals surface area contributed by atoms with Crippen molar-refractivity contribution in [3.63, 3.8) is 0 Å². The molecule has 40 heavy (non-hydrogen) atoms. The second kappa shape index (κ2) is 9.24. The smallest absolute Gasteiger partial charge is 0.320 e. The highest BCUT2D eigenvalue weighted by Crippen LogP contribution is 2.59. The van der Waals surface area contributed by atoms with Crippen molar-refractivity contribution in [1.29, 1.82) is 5.26 Å². The average Bonchev–Trinajstić information content (AvgIpc) is 3.55. The average molecular weight is 586 g/mol. The molecule has 2 bridgehead atoms. The first-order valence-electron chi connectivity index (χ1n) is 14.1. The van der Waals surface area contributed by atoms with Crippen LogP contribution in [0, 0.1) is 11.3 Å². The zero-order valence-electron chi connectivity index (χ0n) is 22.2. The number of aromatic nitrogens is 2. The maximum absolute atomic E-state index is 14.4. The Labute approximate surface area is 240 Å². The molecule has 0 aromatic carbocycles. The summed E-state index contributed by atoms with van der Waals surface area (Å²) in [6.45, 7) is 5.82. The van der Waals surface area contributed by atoms with Gasteiger partial charge in [0.1, 0.15) is 36.6 Å². The van der Waals surface area contributed by atoms with Gasteiger partial charge in [-0.05, 0) is 25.8 Å². The SMILES string of the molecule is N#Cc1c(N)sc2c1C1(CN(c3nc(OC[C@@]45CCCN4CC(F)C5)nc4c3OCC3CN4CCCO3)C1)SC2. The maximum Gasteiger partial charge on any atom is 0.320 e. The molecule has 6 aliphatic rings. The van der Waals surface area contributed by atoms with Crippen LogP contribution < -0.4 is 25.0 Å². The van der Waals surface area contributed by atoms with E-state index < -0.39 is 6.17 Å². The molecular weight excluding hydrogens is 553 g/mol. The molecule has 2 aromatic heterocycles. The fraction of sp³-hybridized carbons (Fsp3) is 0.667. The molecule has 6 aliphatic heterocycles. The highest BCUT2D eigenvalue weighted by atomic mass is 32.2. The molecule has 10 nitrogen and oxygen atoms in total. The lowest BCUT2D eigenvalue weighted by Crippen LogP contribution is -2.57. The monoisotopic (exact) mass is 585 g/mol. The molecule has 2 aromatic rings. The summed E-state index contributed by atoms with van der Waals surface area (Å²) in [7, 11) is 0. The van der Waals surface area contributed by atoms with E-state index in [0.717, 1.165) is 49.5 Å². The molecule has 0 radical (unpaired) electrons. The molecule has 0 aliphatic carbocycles. The molecule has 0 amide bonds. The van der Waals surface area contributed by atoms with Crippen molar-refractivity contribution >= 4 is 39.7 Å². The van der Waals surface area contributed by atoms with Gasteiger partial charge in [0.05, 0.1) is 15.8 Å². The number of alkyl halides is 1. The van der Waals surface area contributed by atoms with Gasteiger partial charge in [-0.2, -0.15) is 15.2 Å². The van der Waals surface area contributed by atoms with E-state index in [1.807, 2.05) is 11.8 Å². The van der Waals surface area contributed by atoms with Gasteiger partial charge in [-0.25, -0.2) is 4.39 Å². The van der Waals surface area contributed by atoms with Crippen molar-refractivity contribution in [1.82, 2.24) is 14.9 Å². The molecule has 3 atom stereocenters. The third kappa shape index (κ3) is 3.79. The fourth-order valence-corrected chi connectivity index (χ4v) is 10.3. The number of nitrogens with zero attached hydrogens (tertiary/aromatic N) is 6. The Balaban J connectivity index is 1.13. The zero-order chi connectivity index (χ0) is 27.1. The minimum atomic E-state index is -0.814. The van der Waals surface area contributed by atoms with E-state index in [1.165, 1.54) is 16.2 Å². The second-order valence-electron chi connectivity index (χ2n) is 11.8. The number of fused-ring (bicyclic) bond motifs is 7. The first kappa shape index (κ1) is 25.2. The van der Waals surface area contributed by atoms with Gasteiger partial charge in [0, 0.05) is 61.9 Å². The first-order valence-corrected chi connectivity index (χ1v) is 15.9. The van der Waals surface area contributed by atoms with Crippen LogP contribution >= 0.6 is 23.1 Å². The minimum Gasteiger partial charge on any atom is -0.484 e. The van der Waals surface area contributed by atoms with Crippen LogP contribution in [0.2, 0.25) is 0 Å². The lowest BCUT2D eigenvalue weighted by Gasteiger charge is -2.48. The summed E-state index contributed by atoms with van der Waals surface area (Å²) in [4.78, 5) is 17.7. The summed E-state index contributed by atoms with van der Waals surface area (Å²) < 4.78 is 33.0. The van der Waals surface area contributed by atoms with Crippen LogP contribution in [0.3, 0.4) is 0 Å². The summed E-state index contributed by atoms with van der Waals surface area (Å²) in [6, 6.07) is 2.66. The Kier molecular flexibility index (Phi) is 5.82. The van der Waals surface area contributed by atoms with Crippen molar-refractivity contribution in [2.24, 2.45) is 0 Å². The molecule has 2 unspecified atom stereocenters. The van der Waals surface area contributed by atoms with Gasteiger partial charge in [0.25, 0.3) is 0 Å². The van der Waals surface area contributed by atoms with Crippen LogP contribution in [-0.2, 0) is 15.2 Å². The maximum atomic E-state index is 14.4. The number of ether oxygens (including phenoxy) is 3. The summed E-state index contributed by atoms with van der Waals surface area (Å²) >= 11 is 3.42. The van der Waals surface area contributed by atoms with Gasteiger partial charge < -0.3 is 29.7 Å². The van der Waals surface area contributed by atoms with E-state index in [2.05, 4.69) is 20.8 Å². The summed E-state index contributed by atoms with van der Waals surface area (Å²) in [5.74, 6) is 2.98. The Morgan fingerprint density at radius 1 is 1.18 bits per heavy atom. The number of halogens is 1. The number of thiophene rings is 1. The molecule has 8 rings (SSSR count). The predicted molar refractivity (Wildman–Crippen MR) is 151 cm³/mol. The standard InChI is InChI=1S/C27H32FN7O3S2/c28-16-7-26(3-1-5-35(26)9-16)15-38-25-31-23-21(37-11-17-10-33(23)4-2-6-36-17)24(32-25)34-13-27(14-34)20-18(8-29)22(30)40-19(20)12-39-27/h16-17H,1-7,9-15,30H2/t16?,17?,26-/m0/s1. The quantitative estimate of drug-likeness (QED) is 0.572. The van der Waals surface area contributed by atoms with Gasteiger partial charge in [0.2, 0.25) is 5.75 Å². The van der Waals surface area contributed by atoms with Gasteiger partial charge in [-0.1, -0.05) is 0 Å². The van der Waals surface area contributed by atoms with E-state index in [-0.39, 0.29) is 16.4 Å². The molecule has 13 heteroatoms. The number of nitrogen functional groups attached to an aromatic ring is 1. The number of hydrogen-bond donors (Lipinski definition) is 1. The first-order chi connectivity index (χ1) is 19.5. The number of rotatable bonds is 4. The van der Waals surface area contributed by atoms with Crippen molar-refractivity contribution in [2.75, 3.05) is 74.6 Å². The number of anilines is 3. The molecular formula is C27H32FN7O3S2. The van der Waals surface area contributed by atoms with Crippen LogP contribution in [0.1, 0.15) is 41.7 Å². The summed E-state index contributed by atoms with van der Waals surface area (Å²) in [5.41, 5.74) is 7.65. The van der Waals surface area contributed by atoms with Gasteiger partial charge in [0.15, 0.2) is 11.6 Å².